The monoisotopic (exact) mass is 298 g/mol. The quantitative estimate of drug-likeness (QED) is 0.753. The minimum absolute atomic E-state index is 0.0510. The van der Waals surface area contributed by atoms with Gasteiger partial charge in [0.1, 0.15) is 0 Å². The van der Waals surface area contributed by atoms with Gasteiger partial charge in [0.25, 0.3) is 5.91 Å². The van der Waals surface area contributed by atoms with Crippen molar-refractivity contribution in [2.45, 2.75) is 38.0 Å². The first-order valence-electron chi connectivity index (χ1n) is 6.72. The smallest absolute Gasteiger partial charge is 0.251 e. The summed E-state index contributed by atoms with van der Waals surface area (Å²) in [6.07, 6.45) is 3.12. The number of nitrogens with two attached hydrogens (primary N) is 1. The van der Waals surface area contributed by atoms with Gasteiger partial charge in [0.2, 0.25) is 10.0 Å². The van der Waals surface area contributed by atoms with Crippen LogP contribution in [0.25, 0.3) is 0 Å². The Hall–Kier alpha value is -1.40. The van der Waals surface area contributed by atoms with Crippen molar-refractivity contribution in [1.82, 2.24) is 5.32 Å². The molecular formula is C14H22N2O3S. The van der Waals surface area contributed by atoms with Crippen molar-refractivity contribution in [1.29, 1.82) is 0 Å². The molecule has 0 radical (unpaired) electrons. The average Bonchev–Trinajstić information content (AvgIpc) is 2.37. The molecule has 112 valence electrons. The molecule has 0 unspecified atom stereocenters. The summed E-state index contributed by atoms with van der Waals surface area (Å²) < 4.78 is 22.4. The van der Waals surface area contributed by atoms with Crippen molar-refractivity contribution >= 4 is 15.9 Å². The van der Waals surface area contributed by atoms with E-state index in [1.807, 2.05) is 0 Å². The van der Waals surface area contributed by atoms with Gasteiger partial charge in [0.15, 0.2) is 0 Å². The second-order valence-electron chi connectivity index (χ2n) is 5.22. The molecule has 0 aromatic heterocycles. The number of amides is 1. The number of carbonyl (C=O) groups excluding carboxylic acids is 1. The van der Waals surface area contributed by atoms with E-state index in [1.165, 1.54) is 18.2 Å². The molecule has 0 saturated heterocycles. The summed E-state index contributed by atoms with van der Waals surface area (Å²) in [4.78, 5) is 11.8. The molecular weight excluding hydrogens is 276 g/mol. The molecule has 0 aliphatic rings. The molecule has 1 amide bonds. The van der Waals surface area contributed by atoms with Crippen molar-refractivity contribution in [2.24, 2.45) is 11.1 Å². The number of sulfonamides is 1. The lowest BCUT2D eigenvalue weighted by molar-refractivity contribution is 0.0952. The Kier molecular flexibility index (Phi) is 6.16. The second-order valence-corrected chi connectivity index (χ2v) is 6.78. The molecule has 0 fully saturated rings. The van der Waals surface area contributed by atoms with E-state index in [0.29, 0.717) is 18.0 Å². The number of benzene rings is 1. The number of hydrogen-bond acceptors (Lipinski definition) is 3. The zero-order valence-corrected chi connectivity index (χ0v) is 12.7. The van der Waals surface area contributed by atoms with Gasteiger partial charge in [-0.2, -0.15) is 0 Å². The van der Waals surface area contributed by atoms with Gasteiger partial charge in [-0.15, -0.1) is 0 Å². The lowest BCUT2D eigenvalue weighted by Crippen LogP contribution is -2.25. The van der Waals surface area contributed by atoms with E-state index >= 15 is 0 Å². The van der Waals surface area contributed by atoms with Crippen molar-refractivity contribution in [3.63, 3.8) is 0 Å². The van der Waals surface area contributed by atoms with Crippen LogP contribution in [0.1, 0.15) is 43.5 Å². The SMILES string of the molecule is CC(C)CCCCNC(=O)c1cccc(S(N)(=O)=O)c1. The summed E-state index contributed by atoms with van der Waals surface area (Å²) in [5, 5.41) is 7.81. The average molecular weight is 298 g/mol. The highest BCUT2D eigenvalue weighted by atomic mass is 32.2. The van der Waals surface area contributed by atoms with E-state index in [-0.39, 0.29) is 10.8 Å². The number of nitrogens with one attached hydrogen (secondary N) is 1. The molecule has 0 atom stereocenters. The molecule has 0 aliphatic carbocycles. The fraction of sp³-hybridized carbons (Fsp3) is 0.500. The number of hydrogen-bond donors (Lipinski definition) is 2. The van der Waals surface area contributed by atoms with Crippen LogP contribution in [0.4, 0.5) is 0 Å². The standard InChI is InChI=1S/C14H22N2O3S/c1-11(2)6-3-4-9-16-14(17)12-7-5-8-13(10-12)20(15,18)19/h5,7-8,10-11H,3-4,6,9H2,1-2H3,(H,16,17)(H2,15,18,19). The van der Waals surface area contributed by atoms with Crippen LogP contribution in [0, 0.1) is 5.92 Å². The first kappa shape index (κ1) is 16.7. The highest BCUT2D eigenvalue weighted by molar-refractivity contribution is 7.89. The highest BCUT2D eigenvalue weighted by Gasteiger charge is 2.11. The summed E-state index contributed by atoms with van der Waals surface area (Å²) in [6, 6.07) is 5.74. The van der Waals surface area contributed by atoms with Gasteiger partial charge in [0.05, 0.1) is 4.90 Å². The van der Waals surface area contributed by atoms with Crippen LogP contribution in [0.3, 0.4) is 0 Å². The van der Waals surface area contributed by atoms with Crippen LogP contribution in [-0.4, -0.2) is 20.9 Å². The molecule has 0 aliphatic heterocycles. The predicted octanol–water partition coefficient (Wildman–Crippen LogP) is 1.89. The van der Waals surface area contributed by atoms with Gasteiger partial charge in [-0.3, -0.25) is 4.79 Å². The zero-order valence-electron chi connectivity index (χ0n) is 11.9. The first-order valence-corrected chi connectivity index (χ1v) is 8.26. The first-order chi connectivity index (χ1) is 9.30. The van der Waals surface area contributed by atoms with E-state index < -0.39 is 10.0 Å². The van der Waals surface area contributed by atoms with E-state index in [0.717, 1.165) is 19.3 Å². The third kappa shape index (κ3) is 5.71. The molecule has 1 rings (SSSR count). The molecule has 0 heterocycles. The normalized spacial score (nSPS) is 11.6. The van der Waals surface area contributed by atoms with Crippen molar-refractivity contribution < 1.29 is 13.2 Å². The summed E-state index contributed by atoms with van der Waals surface area (Å²) >= 11 is 0. The molecule has 0 bridgehead atoms. The van der Waals surface area contributed by atoms with E-state index in [9.17, 15) is 13.2 Å². The summed E-state index contributed by atoms with van der Waals surface area (Å²) in [5.41, 5.74) is 0.306. The summed E-state index contributed by atoms with van der Waals surface area (Å²) in [5.74, 6) is 0.386. The summed E-state index contributed by atoms with van der Waals surface area (Å²) in [7, 11) is -3.78. The molecule has 1 aromatic rings. The maximum Gasteiger partial charge on any atom is 0.251 e. The van der Waals surface area contributed by atoms with Gasteiger partial charge >= 0.3 is 0 Å². The number of rotatable bonds is 7. The third-order valence-corrected chi connectivity index (χ3v) is 3.83. The predicted molar refractivity (Wildman–Crippen MR) is 78.8 cm³/mol. The highest BCUT2D eigenvalue weighted by Crippen LogP contribution is 2.10. The summed E-state index contributed by atoms with van der Waals surface area (Å²) in [6.45, 7) is 4.92. The van der Waals surface area contributed by atoms with Crippen LogP contribution in [0.2, 0.25) is 0 Å². The lowest BCUT2D eigenvalue weighted by Gasteiger charge is -2.07. The van der Waals surface area contributed by atoms with E-state index in [1.54, 1.807) is 6.07 Å². The zero-order chi connectivity index (χ0) is 15.2. The van der Waals surface area contributed by atoms with Crippen LogP contribution in [0.15, 0.2) is 29.2 Å². The number of unbranched alkanes of at least 4 members (excludes halogenated alkanes) is 1. The molecule has 5 nitrogen and oxygen atoms in total. The van der Waals surface area contributed by atoms with Crippen LogP contribution in [0.5, 0.6) is 0 Å². The number of carbonyl (C=O) groups is 1. The fourth-order valence-electron chi connectivity index (χ4n) is 1.80. The van der Waals surface area contributed by atoms with E-state index in [2.05, 4.69) is 19.2 Å². The molecule has 0 saturated carbocycles. The van der Waals surface area contributed by atoms with Crippen LogP contribution < -0.4 is 10.5 Å². The Labute approximate surface area is 120 Å². The van der Waals surface area contributed by atoms with Crippen molar-refractivity contribution in [2.75, 3.05) is 6.54 Å². The molecule has 0 spiro atoms. The number of primary sulfonamides is 1. The van der Waals surface area contributed by atoms with Gasteiger partial charge in [-0.05, 0) is 30.5 Å². The molecule has 3 N–H and O–H groups in total. The molecule has 6 heteroatoms. The van der Waals surface area contributed by atoms with Gasteiger partial charge in [-0.25, -0.2) is 13.6 Å². The maximum atomic E-state index is 11.9. The van der Waals surface area contributed by atoms with Gasteiger partial charge in [-0.1, -0.05) is 32.8 Å². The Bertz CT molecular complexity index is 553. The largest absolute Gasteiger partial charge is 0.352 e. The third-order valence-electron chi connectivity index (χ3n) is 2.92. The Morgan fingerprint density at radius 3 is 2.60 bits per heavy atom. The Morgan fingerprint density at radius 2 is 2.00 bits per heavy atom. The van der Waals surface area contributed by atoms with Gasteiger partial charge in [0, 0.05) is 12.1 Å². The minimum atomic E-state index is -3.78. The Morgan fingerprint density at radius 1 is 1.30 bits per heavy atom. The fourth-order valence-corrected chi connectivity index (χ4v) is 2.36. The van der Waals surface area contributed by atoms with Crippen molar-refractivity contribution in [3.8, 4) is 0 Å². The lowest BCUT2D eigenvalue weighted by atomic mass is 10.1. The Balaban J connectivity index is 2.52. The van der Waals surface area contributed by atoms with Crippen molar-refractivity contribution in [3.05, 3.63) is 29.8 Å². The minimum Gasteiger partial charge on any atom is -0.352 e. The molecule has 20 heavy (non-hydrogen) atoms. The second kappa shape index (κ2) is 7.40. The molecule has 1 aromatic carbocycles. The van der Waals surface area contributed by atoms with Crippen LogP contribution >= 0.6 is 0 Å². The van der Waals surface area contributed by atoms with Gasteiger partial charge < -0.3 is 5.32 Å². The topological polar surface area (TPSA) is 89.3 Å². The van der Waals surface area contributed by atoms with Crippen LogP contribution in [-0.2, 0) is 10.0 Å². The maximum absolute atomic E-state index is 11.9. The van der Waals surface area contributed by atoms with E-state index in [4.69, 9.17) is 5.14 Å².